The van der Waals surface area contributed by atoms with Crippen molar-refractivity contribution in [3.63, 3.8) is 0 Å². The van der Waals surface area contributed by atoms with Crippen LogP contribution < -0.4 is 10.2 Å². The summed E-state index contributed by atoms with van der Waals surface area (Å²) in [7, 11) is 0. The van der Waals surface area contributed by atoms with E-state index in [4.69, 9.17) is 4.74 Å². The highest BCUT2D eigenvalue weighted by Gasteiger charge is 2.27. The standard InChI is InChI=1S/C23H30N2O2/c1-22(2,3)17-23(4,5)19-11-13-20(14-12-19)27-16-21(26)25-24-15-18-9-7-6-8-10-18/h6-15H,16-17H2,1-5H3,(H,25,26)/b24-15+. The predicted molar refractivity (Wildman–Crippen MR) is 111 cm³/mol. The van der Waals surface area contributed by atoms with Crippen molar-refractivity contribution in [2.24, 2.45) is 10.5 Å². The number of benzene rings is 2. The molecule has 1 N–H and O–H groups in total. The van der Waals surface area contributed by atoms with Crippen LogP contribution in [0, 0.1) is 5.41 Å². The first kappa shape index (κ1) is 20.7. The molecule has 0 aliphatic rings. The number of nitrogens with zero attached hydrogens (tertiary/aromatic N) is 1. The van der Waals surface area contributed by atoms with Crippen molar-refractivity contribution in [3.8, 4) is 5.75 Å². The van der Waals surface area contributed by atoms with Gasteiger partial charge in [0.1, 0.15) is 5.75 Å². The van der Waals surface area contributed by atoms with Gasteiger partial charge in [-0.3, -0.25) is 4.79 Å². The van der Waals surface area contributed by atoms with Crippen LogP contribution in [0.4, 0.5) is 0 Å². The molecule has 2 aromatic carbocycles. The molecule has 0 fully saturated rings. The molecule has 0 saturated carbocycles. The quantitative estimate of drug-likeness (QED) is 0.558. The molecule has 1 amide bonds. The zero-order chi connectivity index (χ0) is 19.9. The Hall–Kier alpha value is -2.62. The normalized spacial score (nSPS) is 12.2. The van der Waals surface area contributed by atoms with Crippen molar-refractivity contribution in [1.82, 2.24) is 5.43 Å². The van der Waals surface area contributed by atoms with E-state index in [2.05, 4.69) is 57.3 Å². The van der Waals surface area contributed by atoms with Gasteiger partial charge in [0.05, 0.1) is 6.21 Å². The van der Waals surface area contributed by atoms with Crippen LogP contribution in [0.25, 0.3) is 0 Å². The Labute approximate surface area is 162 Å². The van der Waals surface area contributed by atoms with Crippen LogP contribution in [0.2, 0.25) is 0 Å². The van der Waals surface area contributed by atoms with Crippen molar-refractivity contribution in [2.45, 2.75) is 46.5 Å². The Balaban J connectivity index is 1.84. The summed E-state index contributed by atoms with van der Waals surface area (Å²) in [6, 6.07) is 17.6. The molecule has 27 heavy (non-hydrogen) atoms. The summed E-state index contributed by atoms with van der Waals surface area (Å²) >= 11 is 0. The number of carbonyl (C=O) groups is 1. The van der Waals surface area contributed by atoms with Crippen molar-refractivity contribution in [2.75, 3.05) is 6.61 Å². The van der Waals surface area contributed by atoms with E-state index >= 15 is 0 Å². The van der Waals surface area contributed by atoms with Crippen molar-refractivity contribution < 1.29 is 9.53 Å². The maximum absolute atomic E-state index is 11.8. The molecular formula is C23H30N2O2. The Morgan fingerprint density at radius 3 is 2.22 bits per heavy atom. The summed E-state index contributed by atoms with van der Waals surface area (Å²) in [4.78, 5) is 11.8. The van der Waals surface area contributed by atoms with Gasteiger partial charge < -0.3 is 4.74 Å². The van der Waals surface area contributed by atoms with Gasteiger partial charge >= 0.3 is 0 Å². The van der Waals surface area contributed by atoms with Crippen LogP contribution in [0.1, 0.15) is 52.2 Å². The Morgan fingerprint density at radius 1 is 1.00 bits per heavy atom. The molecular weight excluding hydrogens is 336 g/mol. The van der Waals surface area contributed by atoms with E-state index in [0.29, 0.717) is 5.75 Å². The van der Waals surface area contributed by atoms with Gasteiger partial charge in [-0.15, -0.1) is 0 Å². The zero-order valence-corrected chi connectivity index (χ0v) is 17.0. The molecule has 2 aromatic rings. The maximum Gasteiger partial charge on any atom is 0.277 e. The smallest absolute Gasteiger partial charge is 0.277 e. The van der Waals surface area contributed by atoms with E-state index < -0.39 is 0 Å². The third kappa shape index (κ3) is 7.26. The number of nitrogens with one attached hydrogen (secondary N) is 1. The fourth-order valence-corrected chi connectivity index (χ4v) is 3.33. The van der Waals surface area contributed by atoms with E-state index in [-0.39, 0.29) is 23.3 Å². The molecule has 0 aromatic heterocycles. The number of hydrazone groups is 1. The van der Waals surface area contributed by atoms with Crippen LogP contribution in [0.15, 0.2) is 59.7 Å². The first-order valence-electron chi connectivity index (χ1n) is 9.26. The minimum absolute atomic E-state index is 0.0726. The monoisotopic (exact) mass is 366 g/mol. The Bertz CT molecular complexity index is 757. The van der Waals surface area contributed by atoms with Gasteiger partial charge in [0.15, 0.2) is 6.61 Å². The van der Waals surface area contributed by atoms with Crippen molar-refractivity contribution >= 4 is 12.1 Å². The second kappa shape index (κ2) is 8.85. The zero-order valence-electron chi connectivity index (χ0n) is 17.0. The molecule has 0 unspecified atom stereocenters. The molecule has 0 heterocycles. The summed E-state index contributed by atoms with van der Waals surface area (Å²) in [5, 5.41) is 3.93. The Morgan fingerprint density at radius 2 is 1.63 bits per heavy atom. The average Bonchev–Trinajstić information content (AvgIpc) is 2.59. The lowest BCUT2D eigenvalue weighted by atomic mass is 9.72. The molecule has 0 saturated heterocycles. The number of hydrogen-bond donors (Lipinski definition) is 1. The van der Waals surface area contributed by atoms with Crippen LogP contribution in [0.3, 0.4) is 0 Å². The minimum Gasteiger partial charge on any atom is -0.484 e. The first-order valence-corrected chi connectivity index (χ1v) is 9.26. The maximum atomic E-state index is 11.8. The second-order valence-electron chi connectivity index (χ2n) is 8.64. The number of rotatable bonds is 7. The average molecular weight is 367 g/mol. The predicted octanol–water partition coefficient (Wildman–Crippen LogP) is 4.93. The molecule has 2 rings (SSSR count). The van der Waals surface area contributed by atoms with E-state index in [1.165, 1.54) is 5.56 Å². The van der Waals surface area contributed by atoms with Gasteiger partial charge in [-0.25, -0.2) is 5.43 Å². The highest BCUT2D eigenvalue weighted by atomic mass is 16.5. The van der Waals surface area contributed by atoms with E-state index in [9.17, 15) is 4.79 Å². The van der Waals surface area contributed by atoms with Crippen LogP contribution in [-0.4, -0.2) is 18.7 Å². The third-order valence-corrected chi connectivity index (χ3v) is 4.18. The highest BCUT2D eigenvalue weighted by molar-refractivity contribution is 5.82. The van der Waals surface area contributed by atoms with Crippen LogP contribution >= 0.6 is 0 Å². The topological polar surface area (TPSA) is 50.7 Å². The third-order valence-electron chi connectivity index (χ3n) is 4.18. The van der Waals surface area contributed by atoms with Gasteiger partial charge in [-0.2, -0.15) is 5.10 Å². The summed E-state index contributed by atoms with van der Waals surface area (Å²) in [5.74, 6) is 0.381. The molecule has 0 aliphatic heterocycles. The molecule has 4 nitrogen and oxygen atoms in total. The molecule has 4 heteroatoms. The van der Waals surface area contributed by atoms with Crippen LogP contribution in [0.5, 0.6) is 5.75 Å². The lowest BCUT2D eigenvalue weighted by Crippen LogP contribution is -2.25. The SMILES string of the molecule is CC(C)(C)CC(C)(C)c1ccc(OCC(=O)N/N=C/c2ccccc2)cc1. The number of hydrogen-bond acceptors (Lipinski definition) is 3. The van der Waals surface area contributed by atoms with Gasteiger partial charge in [-0.05, 0) is 40.5 Å². The largest absolute Gasteiger partial charge is 0.484 e. The molecule has 144 valence electrons. The molecule has 0 aliphatic carbocycles. The fourth-order valence-electron chi connectivity index (χ4n) is 3.33. The van der Waals surface area contributed by atoms with Crippen molar-refractivity contribution in [1.29, 1.82) is 0 Å². The van der Waals surface area contributed by atoms with E-state index in [0.717, 1.165) is 12.0 Å². The second-order valence-corrected chi connectivity index (χ2v) is 8.64. The number of carbonyl (C=O) groups excluding carboxylic acids is 1. The van der Waals surface area contributed by atoms with Crippen molar-refractivity contribution in [3.05, 3.63) is 65.7 Å². The van der Waals surface area contributed by atoms with Gasteiger partial charge in [0.25, 0.3) is 5.91 Å². The summed E-state index contributed by atoms with van der Waals surface area (Å²) in [6.45, 7) is 11.2. The lowest BCUT2D eigenvalue weighted by molar-refractivity contribution is -0.123. The molecule has 0 radical (unpaired) electrons. The van der Waals surface area contributed by atoms with Gasteiger partial charge in [0, 0.05) is 0 Å². The minimum atomic E-state index is -0.292. The summed E-state index contributed by atoms with van der Waals surface area (Å²) in [5.41, 5.74) is 5.00. The van der Waals surface area contributed by atoms with Gasteiger partial charge in [0.2, 0.25) is 0 Å². The summed E-state index contributed by atoms with van der Waals surface area (Å²) in [6.07, 6.45) is 2.69. The number of ether oxygens (including phenoxy) is 1. The molecule has 0 atom stereocenters. The van der Waals surface area contributed by atoms with E-state index in [1.807, 2.05) is 42.5 Å². The lowest BCUT2D eigenvalue weighted by Gasteiger charge is -2.33. The van der Waals surface area contributed by atoms with Gasteiger partial charge in [-0.1, -0.05) is 77.1 Å². The Kier molecular flexibility index (Phi) is 6.78. The summed E-state index contributed by atoms with van der Waals surface area (Å²) < 4.78 is 5.55. The molecule has 0 spiro atoms. The number of amides is 1. The van der Waals surface area contributed by atoms with Crippen LogP contribution in [-0.2, 0) is 10.2 Å². The fraction of sp³-hybridized carbons (Fsp3) is 0.391. The first-order chi connectivity index (χ1) is 12.7. The van der Waals surface area contributed by atoms with E-state index in [1.54, 1.807) is 6.21 Å². The molecule has 0 bridgehead atoms. The highest BCUT2D eigenvalue weighted by Crippen LogP contribution is 2.36.